The summed E-state index contributed by atoms with van der Waals surface area (Å²) in [4.78, 5) is 14.5. The maximum atomic E-state index is 12.8. The smallest absolute Gasteiger partial charge is 0.254 e. The van der Waals surface area contributed by atoms with E-state index in [1.165, 1.54) is 0 Å². The standard InChI is InChI=1S/C19H19BrN2O2/c1-2-24-18-10-9-16(13-17(18)20)19(23)22(12-6-11-21)14-15-7-4-3-5-8-15/h3-5,7-10,13H,2,6,12,14H2,1H3. The van der Waals surface area contributed by atoms with Crippen molar-refractivity contribution in [2.75, 3.05) is 13.2 Å². The third-order valence-electron chi connectivity index (χ3n) is 3.48. The maximum absolute atomic E-state index is 12.8. The van der Waals surface area contributed by atoms with Gasteiger partial charge in [-0.3, -0.25) is 4.79 Å². The summed E-state index contributed by atoms with van der Waals surface area (Å²) in [5.74, 6) is 0.610. The molecular formula is C19H19BrN2O2. The lowest BCUT2D eigenvalue weighted by molar-refractivity contribution is 0.0747. The third-order valence-corrected chi connectivity index (χ3v) is 4.10. The van der Waals surface area contributed by atoms with E-state index >= 15 is 0 Å². The molecule has 0 aliphatic heterocycles. The largest absolute Gasteiger partial charge is 0.493 e. The molecule has 124 valence electrons. The molecule has 0 atom stereocenters. The summed E-state index contributed by atoms with van der Waals surface area (Å²) in [5.41, 5.74) is 1.60. The number of ether oxygens (including phenoxy) is 1. The van der Waals surface area contributed by atoms with Crippen molar-refractivity contribution in [3.05, 3.63) is 64.1 Å². The fourth-order valence-corrected chi connectivity index (χ4v) is 2.82. The summed E-state index contributed by atoms with van der Waals surface area (Å²) in [6.07, 6.45) is 0.302. The van der Waals surface area contributed by atoms with Crippen LogP contribution in [0.25, 0.3) is 0 Å². The van der Waals surface area contributed by atoms with E-state index in [2.05, 4.69) is 22.0 Å². The number of benzene rings is 2. The molecule has 0 fully saturated rings. The topological polar surface area (TPSA) is 53.3 Å². The van der Waals surface area contributed by atoms with Gasteiger partial charge >= 0.3 is 0 Å². The second kappa shape index (κ2) is 9.09. The molecule has 1 amide bonds. The van der Waals surface area contributed by atoms with Crippen LogP contribution in [-0.4, -0.2) is 24.0 Å². The summed E-state index contributed by atoms with van der Waals surface area (Å²) in [6.45, 7) is 3.35. The number of hydrogen-bond donors (Lipinski definition) is 0. The van der Waals surface area contributed by atoms with Crippen LogP contribution in [0.15, 0.2) is 53.0 Å². The van der Waals surface area contributed by atoms with Gasteiger partial charge in [-0.1, -0.05) is 30.3 Å². The molecule has 0 unspecified atom stereocenters. The molecule has 2 rings (SSSR count). The first kappa shape index (κ1) is 18.0. The molecule has 0 N–H and O–H groups in total. The van der Waals surface area contributed by atoms with Crippen LogP contribution in [0.5, 0.6) is 5.75 Å². The van der Waals surface area contributed by atoms with Crippen molar-refractivity contribution in [2.45, 2.75) is 19.9 Å². The summed E-state index contributed by atoms with van der Waals surface area (Å²) in [7, 11) is 0. The zero-order chi connectivity index (χ0) is 17.4. The van der Waals surface area contributed by atoms with Crippen molar-refractivity contribution >= 4 is 21.8 Å². The van der Waals surface area contributed by atoms with E-state index in [9.17, 15) is 4.79 Å². The first-order valence-electron chi connectivity index (χ1n) is 7.78. The van der Waals surface area contributed by atoms with E-state index in [-0.39, 0.29) is 5.91 Å². The van der Waals surface area contributed by atoms with Gasteiger partial charge in [0.15, 0.2) is 0 Å². The molecule has 0 saturated heterocycles. The summed E-state index contributed by atoms with van der Waals surface area (Å²) >= 11 is 3.44. The number of carbonyl (C=O) groups excluding carboxylic acids is 1. The number of nitriles is 1. The van der Waals surface area contributed by atoms with Gasteiger partial charge < -0.3 is 9.64 Å². The minimum Gasteiger partial charge on any atom is -0.493 e. The monoisotopic (exact) mass is 386 g/mol. The zero-order valence-corrected chi connectivity index (χ0v) is 15.1. The Morgan fingerprint density at radius 1 is 1.25 bits per heavy atom. The van der Waals surface area contributed by atoms with Gasteiger partial charge in [0.2, 0.25) is 0 Å². The highest BCUT2D eigenvalue weighted by Gasteiger charge is 2.17. The Bertz CT molecular complexity index is 726. The minimum atomic E-state index is -0.0992. The second-order valence-corrected chi connectivity index (χ2v) is 6.05. The molecule has 5 heteroatoms. The Kier molecular flexibility index (Phi) is 6.83. The molecule has 0 aliphatic carbocycles. The number of rotatable bonds is 7. The van der Waals surface area contributed by atoms with Crippen molar-refractivity contribution in [3.8, 4) is 11.8 Å². The molecule has 0 spiro atoms. The van der Waals surface area contributed by atoms with Gasteiger partial charge in [-0.15, -0.1) is 0 Å². The molecule has 0 aromatic heterocycles. The molecule has 0 radical (unpaired) electrons. The Balaban J connectivity index is 2.20. The molecule has 24 heavy (non-hydrogen) atoms. The van der Waals surface area contributed by atoms with E-state index in [1.807, 2.05) is 37.3 Å². The third kappa shape index (κ3) is 4.84. The molecule has 0 aliphatic rings. The van der Waals surface area contributed by atoms with Gasteiger partial charge in [0, 0.05) is 18.7 Å². The van der Waals surface area contributed by atoms with E-state index in [4.69, 9.17) is 10.00 Å². The van der Waals surface area contributed by atoms with Gasteiger partial charge in [0.05, 0.1) is 23.6 Å². The highest BCUT2D eigenvalue weighted by Crippen LogP contribution is 2.26. The quantitative estimate of drug-likeness (QED) is 0.708. The van der Waals surface area contributed by atoms with Gasteiger partial charge in [0.25, 0.3) is 5.91 Å². The Labute approximate surface area is 150 Å². The van der Waals surface area contributed by atoms with Crippen LogP contribution in [-0.2, 0) is 6.54 Å². The summed E-state index contributed by atoms with van der Waals surface area (Å²) < 4.78 is 6.22. The van der Waals surface area contributed by atoms with Crippen LogP contribution in [0, 0.1) is 11.3 Å². The van der Waals surface area contributed by atoms with Crippen LogP contribution in [0.2, 0.25) is 0 Å². The normalized spacial score (nSPS) is 10.0. The first-order valence-corrected chi connectivity index (χ1v) is 8.57. The van der Waals surface area contributed by atoms with E-state index in [1.54, 1.807) is 23.1 Å². The van der Waals surface area contributed by atoms with Crippen LogP contribution < -0.4 is 4.74 Å². The average Bonchev–Trinajstić information content (AvgIpc) is 2.60. The van der Waals surface area contributed by atoms with Crippen molar-refractivity contribution in [2.24, 2.45) is 0 Å². The molecular weight excluding hydrogens is 368 g/mol. The van der Waals surface area contributed by atoms with Gasteiger partial charge in [0.1, 0.15) is 5.75 Å². The first-order chi connectivity index (χ1) is 11.7. The van der Waals surface area contributed by atoms with E-state index < -0.39 is 0 Å². The average molecular weight is 387 g/mol. The molecule has 0 heterocycles. The Morgan fingerprint density at radius 3 is 2.62 bits per heavy atom. The highest BCUT2D eigenvalue weighted by atomic mass is 79.9. The number of nitrogens with zero attached hydrogens (tertiary/aromatic N) is 2. The highest BCUT2D eigenvalue weighted by molar-refractivity contribution is 9.10. The van der Waals surface area contributed by atoms with Gasteiger partial charge in [-0.25, -0.2) is 0 Å². The number of hydrogen-bond acceptors (Lipinski definition) is 3. The fraction of sp³-hybridized carbons (Fsp3) is 0.263. The van der Waals surface area contributed by atoms with Gasteiger partial charge in [-0.05, 0) is 46.6 Å². The molecule has 0 saturated carbocycles. The van der Waals surface area contributed by atoms with Crippen LogP contribution in [0.3, 0.4) is 0 Å². The SMILES string of the molecule is CCOc1ccc(C(=O)N(CCC#N)Cc2ccccc2)cc1Br. The van der Waals surface area contributed by atoms with Crippen LogP contribution in [0.4, 0.5) is 0 Å². The molecule has 0 bridgehead atoms. The van der Waals surface area contributed by atoms with Crippen molar-refractivity contribution in [1.29, 1.82) is 5.26 Å². The van der Waals surface area contributed by atoms with Crippen molar-refractivity contribution in [1.82, 2.24) is 4.90 Å². The van der Waals surface area contributed by atoms with E-state index in [0.717, 1.165) is 10.0 Å². The van der Waals surface area contributed by atoms with Crippen molar-refractivity contribution in [3.63, 3.8) is 0 Å². The summed E-state index contributed by atoms with van der Waals surface area (Å²) in [6, 6.07) is 17.2. The fourth-order valence-electron chi connectivity index (χ4n) is 2.33. The predicted molar refractivity (Wildman–Crippen MR) is 96.7 cm³/mol. The number of halogens is 1. The maximum Gasteiger partial charge on any atom is 0.254 e. The van der Waals surface area contributed by atoms with Gasteiger partial charge in [-0.2, -0.15) is 5.26 Å². The lowest BCUT2D eigenvalue weighted by Gasteiger charge is -2.22. The van der Waals surface area contributed by atoms with Crippen LogP contribution >= 0.6 is 15.9 Å². The lowest BCUT2D eigenvalue weighted by Crippen LogP contribution is -2.31. The summed E-state index contributed by atoms with van der Waals surface area (Å²) in [5, 5.41) is 8.86. The predicted octanol–water partition coefficient (Wildman–Crippen LogP) is 4.40. The number of amides is 1. The number of carbonyl (C=O) groups is 1. The lowest BCUT2D eigenvalue weighted by atomic mass is 10.1. The molecule has 4 nitrogen and oxygen atoms in total. The zero-order valence-electron chi connectivity index (χ0n) is 13.5. The Hall–Kier alpha value is -2.32. The molecule has 2 aromatic carbocycles. The Morgan fingerprint density at radius 2 is 2.00 bits per heavy atom. The van der Waals surface area contributed by atoms with E-state index in [0.29, 0.717) is 37.4 Å². The minimum absolute atomic E-state index is 0.0992. The van der Waals surface area contributed by atoms with Crippen molar-refractivity contribution < 1.29 is 9.53 Å². The van der Waals surface area contributed by atoms with Crippen LogP contribution in [0.1, 0.15) is 29.3 Å². The second-order valence-electron chi connectivity index (χ2n) is 5.20. The molecule has 2 aromatic rings.